The highest BCUT2D eigenvalue weighted by Crippen LogP contribution is 2.28. The summed E-state index contributed by atoms with van der Waals surface area (Å²) in [5.74, 6) is 0.635. The smallest absolute Gasteiger partial charge is 0.261 e. The molecule has 25 heavy (non-hydrogen) atoms. The van der Waals surface area contributed by atoms with E-state index in [0.29, 0.717) is 34.5 Å². The van der Waals surface area contributed by atoms with E-state index in [1.54, 1.807) is 35.2 Å². The largest absolute Gasteiger partial charge is 0.493 e. The predicted octanol–water partition coefficient (Wildman–Crippen LogP) is 3.88. The molecule has 0 N–H and O–H groups in total. The lowest BCUT2D eigenvalue weighted by Gasteiger charge is -2.21. The Bertz CT molecular complexity index is 798. The van der Waals surface area contributed by atoms with Gasteiger partial charge < -0.3 is 14.4 Å². The molecule has 0 spiro atoms. The number of methoxy groups -OCH3 is 1. The fraction of sp³-hybridized carbons (Fsp3) is 0.222. The Morgan fingerprint density at radius 1 is 1.40 bits per heavy atom. The Balaban J connectivity index is 2.03. The van der Waals surface area contributed by atoms with Gasteiger partial charge in [0.25, 0.3) is 5.91 Å². The number of amides is 1. The molecule has 0 saturated heterocycles. The first-order valence-corrected chi connectivity index (χ1v) is 8.60. The van der Waals surface area contributed by atoms with Gasteiger partial charge in [0.15, 0.2) is 18.1 Å². The normalized spacial score (nSPS) is 9.96. The van der Waals surface area contributed by atoms with Gasteiger partial charge in [0.2, 0.25) is 0 Å². The van der Waals surface area contributed by atoms with E-state index in [2.05, 4.69) is 6.58 Å². The predicted molar refractivity (Wildman–Crippen MR) is 98.1 cm³/mol. The topological polar surface area (TPSA) is 62.6 Å². The summed E-state index contributed by atoms with van der Waals surface area (Å²) < 4.78 is 11.5. The third kappa shape index (κ3) is 5.24. The van der Waals surface area contributed by atoms with Gasteiger partial charge in [-0.3, -0.25) is 4.79 Å². The van der Waals surface area contributed by atoms with Gasteiger partial charge in [0, 0.05) is 17.5 Å². The van der Waals surface area contributed by atoms with Gasteiger partial charge in [-0.25, -0.2) is 0 Å². The van der Waals surface area contributed by atoms with Crippen LogP contribution in [0.15, 0.2) is 43.0 Å². The van der Waals surface area contributed by atoms with Crippen molar-refractivity contribution in [3.05, 3.63) is 57.8 Å². The zero-order valence-corrected chi connectivity index (χ0v) is 15.3. The number of hydrogen-bond acceptors (Lipinski definition) is 5. The Morgan fingerprint density at radius 3 is 2.80 bits per heavy atom. The number of nitriles is 1. The molecule has 130 valence electrons. The highest BCUT2D eigenvalue weighted by Gasteiger charge is 2.16. The van der Waals surface area contributed by atoms with Gasteiger partial charge in [0.1, 0.15) is 0 Å². The molecule has 1 aromatic carbocycles. The van der Waals surface area contributed by atoms with Gasteiger partial charge in [-0.15, -0.1) is 17.9 Å². The fourth-order valence-corrected chi connectivity index (χ4v) is 3.23. The minimum Gasteiger partial charge on any atom is -0.493 e. The molecular formula is C18H17ClN2O3S. The quantitative estimate of drug-likeness (QED) is 0.656. The van der Waals surface area contributed by atoms with Crippen LogP contribution in [-0.4, -0.2) is 31.1 Å². The number of ether oxygens (including phenoxy) is 2. The first-order chi connectivity index (χ1) is 12.1. The summed E-state index contributed by atoms with van der Waals surface area (Å²) in [5, 5.41) is 8.92. The number of thiophene rings is 1. The van der Waals surface area contributed by atoms with Crippen molar-refractivity contribution in [3.63, 3.8) is 0 Å². The third-order valence-electron chi connectivity index (χ3n) is 3.32. The molecule has 0 atom stereocenters. The van der Waals surface area contributed by atoms with Gasteiger partial charge in [0.05, 0.1) is 29.6 Å². The van der Waals surface area contributed by atoms with Crippen LogP contribution in [-0.2, 0) is 11.3 Å². The van der Waals surface area contributed by atoms with E-state index >= 15 is 0 Å². The van der Waals surface area contributed by atoms with Crippen molar-refractivity contribution in [2.75, 3.05) is 20.3 Å². The third-order valence-corrected chi connectivity index (χ3v) is 4.54. The minimum atomic E-state index is -0.184. The average Bonchev–Trinajstić information content (AvgIpc) is 3.04. The van der Waals surface area contributed by atoms with Crippen LogP contribution in [0.3, 0.4) is 0 Å². The van der Waals surface area contributed by atoms with Gasteiger partial charge in [-0.05, 0) is 24.3 Å². The number of hydrogen-bond donors (Lipinski definition) is 0. The molecule has 1 aromatic heterocycles. The van der Waals surface area contributed by atoms with Gasteiger partial charge >= 0.3 is 0 Å². The molecule has 0 saturated carbocycles. The first-order valence-electron chi connectivity index (χ1n) is 7.41. The summed E-state index contributed by atoms with van der Waals surface area (Å²) in [5.41, 5.74) is 0.457. The highest BCUT2D eigenvalue weighted by molar-refractivity contribution is 7.16. The molecule has 2 rings (SSSR count). The molecule has 0 radical (unpaired) electrons. The number of carbonyl (C=O) groups excluding carboxylic acids is 1. The molecular weight excluding hydrogens is 360 g/mol. The number of halogens is 1. The highest BCUT2D eigenvalue weighted by atomic mass is 35.5. The van der Waals surface area contributed by atoms with Crippen LogP contribution in [0, 0.1) is 11.3 Å². The second-order valence-corrected chi connectivity index (χ2v) is 6.83. The molecule has 0 bridgehead atoms. The van der Waals surface area contributed by atoms with Crippen molar-refractivity contribution in [1.29, 1.82) is 5.26 Å². The molecule has 0 aliphatic heterocycles. The van der Waals surface area contributed by atoms with Crippen molar-refractivity contribution < 1.29 is 14.3 Å². The number of rotatable bonds is 8. The Morgan fingerprint density at radius 2 is 2.20 bits per heavy atom. The number of nitrogens with zero attached hydrogens (tertiary/aromatic N) is 2. The Labute approximate surface area is 155 Å². The second kappa shape index (κ2) is 9.11. The molecule has 2 aromatic rings. The lowest BCUT2D eigenvalue weighted by molar-refractivity contribution is -0.133. The standard InChI is InChI=1S/C18H17ClN2O3S/c1-3-8-21(11-14-5-7-17(19)25-14)18(22)12-24-15-6-4-13(10-20)9-16(15)23-2/h3-7,9H,1,8,11-12H2,2H3. The molecule has 5 nitrogen and oxygen atoms in total. The lowest BCUT2D eigenvalue weighted by Crippen LogP contribution is -2.34. The maximum absolute atomic E-state index is 12.5. The van der Waals surface area contributed by atoms with E-state index in [1.807, 2.05) is 12.1 Å². The average molecular weight is 377 g/mol. The molecule has 0 aliphatic rings. The van der Waals surface area contributed by atoms with Crippen molar-refractivity contribution in [2.24, 2.45) is 0 Å². The van der Waals surface area contributed by atoms with Gasteiger partial charge in [-0.2, -0.15) is 5.26 Å². The molecule has 0 unspecified atom stereocenters. The summed E-state index contributed by atoms with van der Waals surface area (Å²) in [7, 11) is 1.48. The van der Waals surface area contributed by atoms with E-state index in [0.717, 1.165) is 4.88 Å². The maximum Gasteiger partial charge on any atom is 0.261 e. The van der Waals surface area contributed by atoms with Crippen molar-refractivity contribution in [3.8, 4) is 17.6 Å². The number of benzene rings is 1. The van der Waals surface area contributed by atoms with Crippen molar-refractivity contribution >= 4 is 28.8 Å². The molecule has 0 fully saturated rings. The van der Waals surface area contributed by atoms with Crippen LogP contribution in [0.2, 0.25) is 4.34 Å². The van der Waals surface area contributed by atoms with Crippen molar-refractivity contribution in [1.82, 2.24) is 4.90 Å². The summed E-state index contributed by atoms with van der Waals surface area (Å²) in [6, 6.07) is 10.5. The van der Waals surface area contributed by atoms with Crippen molar-refractivity contribution in [2.45, 2.75) is 6.54 Å². The van der Waals surface area contributed by atoms with Crippen LogP contribution in [0.5, 0.6) is 11.5 Å². The molecule has 1 amide bonds. The molecule has 0 aliphatic carbocycles. The number of carbonyl (C=O) groups is 1. The summed E-state index contributed by atoms with van der Waals surface area (Å²) in [6.45, 7) is 4.39. The van der Waals surface area contributed by atoms with Crippen LogP contribution >= 0.6 is 22.9 Å². The van der Waals surface area contributed by atoms with Gasteiger partial charge in [-0.1, -0.05) is 17.7 Å². The van der Waals surface area contributed by atoms with Crippen LogP contribution in [0.25, 0.3) is 0 Å². The summed E-state index contributed by atoms with van der Waals surface area (Å²) >= 11 is 7.36. The minimum absolute atomic E-state index is 0.144. The van der Waals surface area contributed by atoms with E-state index in [9.17, 15) is 4.79 Å². The molecule has 7 heteroatoms. The van der Waals surface area contributed by atoms with Crippen LogP contribution in [0.4, 0.5) is 0 Å². The fourth-order valence-electron chi connectivity index (χ4n) is 2.12. The van der Waals surface area contributed by atoms with Crippen LogP contribution in [0.1, 0.15) is 10.4 Å². The summed E-state index contributed by atoms with van der Waals surface area (Å²) in [6.07, 6.45) is 1.66. The SMILES string of the molecule is C=CCN(Cc1ccc(Cl)s1)C(=O)COc1ccc(C#N)cc1OC. The molecule has 1 heterocycles. The maximum atomic E-state index is 12.5. The summed E-state index contributed by atoms with van der Waals surface area (Å²) in [4.78, 5) is 15.1. The Hall–Kier alpha value is -2.49. The van der Waals surface area contributed by atoms with E-state index in [-0.39, 0.29) is 12.5 Å². The monoisotopic (exact) mass is 376 g/mol. The zero-order chi connectivity index (χ0) is 18.2. The lowest BCUT2D eigenvalue weighted by atomic mass is 10.2. The zero-order valence-electron chi connectivity index (χ0n) is 13.7. The van der Waals surface area contributed by atoms with E-state index < -0.39 is 0 Å². The Kier molecular flexibility index (Phi) is 6.87. The van der Waals surface area contributed by atoms with E-state index in [4.69, 9.17) is 26.3 Å². The first kappa shape index (κ1) is 18.8. The second-order valence-electron chi connectivity index (χ2n) is 5.03. The van der Waals surface area contributed by atoms with E-state index in [1.165, 1.54) is 18.4 Å². The van der Waals surface area contributed by atoms with Crippen LogP contribution < -0.4 is 9.47 Å².